The van der Waals surface area contributed by atoms with Crippen LogP contribution in [-0.2, 0) is 14.3 Å². The van der Waals surface area contributed by atoms with E-state index >= 15 is 0 Å². The normalized spacial score (nSPS) is 19.6. The Balaban J connectivity index is 1.35. The molecular weight excluding hydrogens is 558 g/mol. The van der Waals surface area contributed by atoms with Gasteiger partial charge in [-0.15, -0.1) is 0 Å². The van der Waals surface area contributed by atoms with Crippen LogP contribution in [0.4, 0.5) is 34.8 Å². The van der Waals surface area contributed by atoms with Crippen LogP contribution >= 0.6 is 11.6 Å². The van der Waals surface area contributed by atoms with Gasteiger partial charge < -0.3 is 24.8 Å². The number of likely N-dealkylation sites (tertiary alicyclic amines) is 1. The Bertz CT molecular complexity index is 1410. The van der Waals surface area contributed by atoms with E-state index in [4.69, 9.17) is 25.8 Å². The summed E-state index contributed by atoms with van der Waals surface area (Å²) in [6, 6.07) is 6.64. The summed E-state index contributed by atoms with van der Waals surface area (Å²) < 4.78 is 68.7. The van der Waals surface area contributed by atoms with E-state index in [1.54, 1.807) is 6.08 Å². The van der Waals surface area contributed by atoms with Gasteiger partial charge in [-0.25, -0.2) is 14.4 Å². The first-order chi connectivity index (χ1) is 19.1. The van der Waals surface area contributed by atoms with E-state index in [1.165, 1.54) is 42.7 Å². The van der Waals surface area contributed by atoms with Crippen molar-refractivity contribution in [2.45, 2.75) is 18.4 Å². The molecule has 2 atom stereocenters. The summed E-state index contributed by atoms with van der Waals surface area (Å²) in [4.78, 5) is 23.1. The Labute approximate surface area is 231 Å². The van der Waals surface area contributed by atoms with Crippen LogP contribution in [0.15, 0.2) is 48.8 Å². The van der Waals surface area contributed by atoms with Gasteiger partial charge in [0.1, 0.15) is 23.7 Å². The second-order valence-corrected chi connectivity index (χ2v) is 9.58. The van der Waals surface area contributed by atoms with E-state index < -0.39 is 24.5 Å². The highest BCUT2D eigenvalue weighted by Gasteiger charge is 2.36. The summed E-state index contributed by atoms with van der Waals surface area (Å²) in [6.45, 7) is 1.35. The third kappa shape index (κ3) is 6.97. The van der Waals surface area contributed by atoms with E-state index in [9.17, 15) is 22.4 Å². The Morgan fingerprint density at radius 1 is 1.15 bits per heavy atom. The number of anilines is 3. The van der Waals surface area contributed by atoms with Crippen molar-refractivity contribution in [1.82, 2.24) is 14.9 Å². The number of nitrogens with one attached hydrogen (secondary N) is 2. The lowest BCUT2D eigenvalue weighted by atomic mass is 10.1. The van der Waals surface area contributed by atoms with Gasteiger partial charge in [-0.3, -0.25) is 9.69 Å². The van der Waals surface area contributed by atoms with Crippen molar-refractivity contribution in [3.05, 3.63) is 59.7 Å². The van der Waals surface area contributed by atoms with Crippen LogP contribution in [0.3, 0.4) is 0 Å². The van der Waals surface area contributed by atoms with Crippen LogP contribution in [-0.4, -0.2) is 78.6 Å². The molecule has 2 N–H and O–H groups in total. The van der Waals surface area contributed by atoms with Crippen LogP contribution < -0.4 is 15.4 Å². The fourth-order valence-electron chi connectivity index (χ4n) is 4.44. The molecule has 1 aromatic heterocycles. The van der Waals surface area contributed by atoms with E-state index in [0.29, 0.717) is 43.9 Å². The van der Waals surface area contributed by atoms with Gasteiger partial charge in [0.2, 0.25) is 5.91 Å². The van der Waals surface area contributed by atoms with Gasteiger partial charge in [0.25, 0.3) is 0 Å². The number of carbonyl (C=O) groups is 1. The van der Waals surface area contributed by atoms with E-state index in [1.807, 2.05) is 0 Å². The highest BCUT2D eigenvalue weighted by Crippen LogP contribution is 2.35. The molecule has 2 aliphatic heterocycles. The monoisotopic (exact) mass is 581 g/mol. The molecule has 0 spiro atoms. The molecule has 212 valence electrons. The van der Waals surface area contributed by atoms with Gasteiger partial charge >= 0.3 is 6.18 Å². The smallest absolute Gasteiger partial charge is 0.422 e. The third-order valence-corrected chi connectivity index (χ3v) is 6.53. The van der Waals surface area contributed by atoms with Crippen LogP contribution in [0.1, 0.15) is 0 Å². The minimum Gasteiger partial charge on any atom is -0.482 e. The lowest BCUT2D eigenvalue weighted by Crippen LogP contribution is -2.36. The van der Waals surface area contributed by atoms with Crippen molar-refractivity contribution in [1.29, 1.82) is 0 Å². The standard InChI is InChI=1S/C26H24ClF4N5O4/c27-17-8-15(3-4-18(17)28)34-25-16-9-20(21(40-13-26(29,30)31)10-19(16)32-14-33-25)35-24(37)2-1-5-36-11-22-23(12-36)39-7-6-38-22/h1-4,8-10,14,22-23H,5-7,11-13H2,(H,35,37)(H,32,33,34)/b2-1+/t22-,23-/m0/s1. The van der Waals surface area contributed by atoms with E-state index in [-0.39, 0.29) is 40.0 Å². The molecule has 14 heteroatoms. The minimum atomic E-state index is -4.60. The molecule has 3 aromatic rings. The topological polar surface area (TPSA) is 97.8 Å². The quantitative estimate of drug-likeness (QED) is 0.292. The number of carbonyl (C=O) groups excluding carboxylic acids is 1. The summed E-state index contributed by atoms with van der Waals surface area (Å²) in [5.41, 5.74) is 0.640. The highest BCUT2D eigenvalue weighted by atomic mass is 35.5. The second kappa shape index (κ2) is 11.9. The van der Waals surface area contributed by atoms with E-state index in [0.717, 1.165) is 0 Å². The van der Waals surface area contributed by atoms with Gasteiger partial charge in [-0.05, 0) is 24.3 Å². The fraction of sp³-hybridized carbons (Fsp3) is 0.346. The molecule has 40 heavy (non-hydrogen) atoms. The summed E-state index contributed by atoms with van der Waals surface area (Å²) in [5, 5.41) is 5.81. The number of nitrogens with zero attached hydrogens (tertiary/aromatic N) is 3. The first kappa shape index (κ1) is 28.0. The lowest BCUT2D eigenvalue weighted by molar-refractivity contribution is -0.153. The summed E-state index contributed by atoms with van der Waals surface area (Å²) in [7, 11) is 0. The predicted molar refractivity (Wildman–Crippen MR) is 139 cm³/mol. The van der Waals surface area contributed by atoms with Gasteiger partial charge in [-0.1, -0.05) is 17.7 Å². The zero-order valence-electron chi connectivity index (χ0n) is 20.9. The molecule has 2 saturated heterocycles. The first-order valence-electron chi connectivity index (χ1n) is 12.3. The minimum absolute atomic E-state index is 0.00197. The lowest BCUT2D eigenvalue weighted by Gasteiger charge is -2.24. The maximum absolute atomic E-state index is 13.6. The molecule has 0 bridgehead atoms. The van der Waals surface area contributed by atoms with Crippen LogP contribution in [0.5, 0.6) is 5.75 Å². The van der Waals surface area contributed by atoms with Gasteiger partial charge in [-0.2, -0.15) is 13.2 Å². The van der Waals surface area contributed by atoms with Crippen molar-refractivity contribution in [2.24, 2.45) is 0 Å². The number of rotatable bonds is 8. The van der Waals surface area contributed by atoms with Gasteiger partial charge in [0, 0.05) is 42.9 Å². The van der Waals surface area contributed by atoms with Crippen molar-refractivity contribution in [3.8, 4) is 5.75 Å². The Morgan fingerprint density at radius 2 is 1.90 bits per heavy atom. The summed E-state index contributed by atoms with van der Waals surface area (Å²) in [5.74, 6) is -1.15. The van der Waals surface area contributed by atoms with Crippen LogP contribution in [0.2, 0.25) is 5.02 Å². The number of amides is 1. The number of hydrogen-bond acceptors (Lipinski definition) is 8. The SMILES string of the molecule is O=C(/C=C/CN1C[C@@H]2OCCO[C@H]2C1)Nc1cc2c(Nc3ccc(F)c(Cl)c3)ncnc2cc1OCC(F)(F)F. The van der Waals surface area contributed by atoms with Crippen molar-refractivity contribution < 1.29 is 36.6 Å². The number of alkyl halides is 3. The van der Waals surface area contributed by atoms with Gasteiger partial charge in [0.05, 0.1) is 41.6 Å². The first-order valence-corrected chi connectivity index (χ1v) is 12.7. The average Bonchev–Trinajstić information content (AvgIpc) is 3.32. The zero-order chi connectivity index (χ0) is 28.3. The highest BCUT2D eigenvalue weighted by molar-refractivity contribution is 6.31. The molecule has 2 fully saturated rings. The predicted octanol–water partition coefficient (Wildman–Crippen LogP) is 4.70. The maximum Gasteiger partial charge on any atom is 0.422 e. The summed E-state index contributed by atoms with van der Waals surface area (Å²) in [6.07, 6.45) is -0.456. The Kier molecular flexibility index (Phi) is 8.35. The molecule has 9 nitrogen and oxygen atoms in total. The third-order valence-electron chi connectivity index (χ3n) is 6.24. The molecule has 0 aliphatic carbocycles. The molecule has 0 unspecified atom stereocenters. The Morgan fingerprint density at radius 3 is 2.60 bits per heavy atom. The number of hydrogen-bond donors (Lipinski definition) is 2. The van der Waals surface area contributed by atoms with Crippen molar-refractivity contribution >= 4 is 45.6 Å². The zero-order valence-corrected chi connectivity index (χ0v) is 21.6. The van der Waals surface area contributed by atoms with Crippen molar-refractivity contribution in [3.63, 3.8) is 0 Å². The molecule has 0 saturated carbocycles. The molecule has 1 amide bonds. The number of halogens is 5. The molecule has 3 heterocycles. The molecule has 0 radical (unpaired) electrons. The number of aromatic nitrogens is 2. The van der Waals surface area contributed by atoms with Crippen LogP contribution in [0.25, 0.3) is 10.9 Å². The maximum atomic E-state index is 13.6. The molecule has 2 aromatic carbocycles. The second-order valence-electron chi connectivity index (χ2n) is 9.17. The molecule has 2 aliphatic rings. The fourth-order valence-corrected chi connectivity index (χ4v) is 4.62. The number of ether oxygens (including phenoxy) is 3. The average molecular weight is 582 g/mol. The summed E-state index contributed by atoms with van der Waals surface area (Å²) >= 11 is 5.86. The number of fused-ring (bicyclic) bond motifs is 2. The van der Waals surface area contributed by atoms with Crippen LogP contribution in [0, 0.1) is 5.82 Å². The van der Waals surface area contributed by atoms with Gasteiger partial charge in [0.15, 0.2) is 6.61 Å². The molecular formula is C26H24ClF4N5O4. The molecule has 5 rings (SSSR count). The largest absolute Gasteiger partial charge is 0.482 e. The van der Waals surface area contributed by atoms with Crippen molar-refractivity contribution in [2.75, 3.05) is 50.1 Å². The Hall–Kier alpha value is -3.52. The number of benzene rings is 2. The van der Waals surface area contributed by atoms with E-state index in [2.05, 4.69) is 25.5 Å².